The molecule has 5 heteroatoms. The smallest absolute Gasteiger partial charge is 0.219 e. The molecular weight excluding hydrogens is 245 g/mol. The van der Waals surface area contributed by atoms with E-state index in [9.17, 15) is 9.18 Å². The van der Waals surface area contributed by atoms with E-state index in [0.717, 1.165) is 0 Å². The fourth-order valence-corrected chi connectivity index (χ4v) is 1.35. The highest BCUT2D eigenvalue weighted by Crippen LogP contribution is 2.24. The number of nitrogens with zero attached hydrogens (tertiary/aromatic N) is 1. The van der Waals surface area contributed by atoms with Crippen molar-refractivity contribution < 1.29 is 13.9 Å². The van der Waals surface area contributed by atoms with Crippen molar-refractivity contribution in [2.24, 2.45) is 0 Å². The zero-order valence-electron chi connectivity index (χ0n) is 8.56. The number of hydrogen-bond donors (Lipinski definition) is 0. The Morgan fingerprint density at radius 2 is 2.12 bits per heavy atom. The average Bonchev–Trinajstić information content (AvgIpc) is 2.35. The molecule has 1 heterocycles. The molecule has 0 unspecified atom stereocenters. The normalized spacial score (nSPS) is 10.0. The maximum atomic E-state index is 12.9. The van der Waals surface area contributed by atoms with Gasteiger partial charge in [-0.3, -0.25) is 4.79 Å². The topological polar surface area (TPSA) is 39.2 Å². The van der Waals surface area contributed by atoms with Crippen LogP contribution < -0.4 is 4.74 Å². The number of carbonyl (C=O) groups is 1. The Bertz CT molecular complexity index is 543. The van der Waals surface area contributed by atoms with Gasteiger partial charge in [0, 0.05) is 23.9 Å². The first kappa shape index (κ1) is 11.5. The Kier molecular flexibility index (Phi) is 3.35. The number of halogens is 2. The van der Waals surface area contributed by atoms with Gasteiger partial charge in [-0.05, 0) is 18.2 Å². The molecule has 0 aliphatic heterocycles. The molecular formula is C12H7ClFNO2. The van der Waals surface area contributed by atoms with Crippen LogP contribution in [0.3, 0.4) is 0 Å². The third-order valence-electron chi connectivity index (χ3n) is 2.01. The second-order valence-electron chi connectivity index (χ2n) is 3.23. The largest absolute Gasteiger partial charge is 0.439 e. The Morgan fingerprint density at radius 1 is 1.29 bits per heavy atom. The molecule has 0 aliphatic rings. The number of ether oxygens (including phenoxy) is 1. The molecule has 3 nitrogen and oxygen atoms in total. The molecule has 1 aromatic carbocycles. The van der Waals surface area contributed by atoms with Crippen LogP contribution in [0.1, 0.15) is 10.4 Å². The van der Waals surface area contributed by atoms with Crippen LogP contribution in [-0.4, -0.2) is 11.3 Å². The maximum Gasteiger partial charge on any atom is 0.219 e. The summed E-state index contributed by atoms with van der Waals surface area (Å²) in [7, 11) is 0. The first-order valence-electron chi connectivity index (χ1n) is 4.73. The van der Waals surface area contributed by atoms with Gasteiger partial charge in [-0.15, -0.1) is 0 Å². The van der Waals surface area contributed by atoms with Crippen LogP contribution in [0.2, 0.25) is 5.02 Å². The van der Waals surface area contributed by atoms with Crippen LogP contribution in [0.4, 0.5) is 4.39 Å². The highest BCUT2D eigenvalue weighted by Gasteiger charge is 2.03. The van der Waals surface area contributed by atoms with Crippen LogP contribution in [0, 0.1) is 5.82 Å². The van der Waals surface area contributed by atoms with Crippen molar-refractivity contribution in [3.63, 3.8) is 0 Å². The quantitative estimate of drug-likeness (QED) is 0.784. The number of rotatable bonds is 3. The molecule has 0 saturated carbocycles. The number of hydrogen-bond acceptors (Lipinski definition) is 3. The number of carbonyl (C=O) groups excluding carboxylic acids is 1. The van der Waals surface area contributed by atoms with Crippen molar-refractivity contribution >= 4 is 17.9 Å². The van der Waals surface area contributed by atoms with Crippen LogP contribution in [0.5, 0.6) is 11.6 Å². The first-order valence-corrected chi connectivity index (χ1v) is 5.11. The maximum absolute atomic E-state index is 12.9. The summed E-state index contributed by atoms with van der Waals surface area (Å²) in [5.41, 5.74) is 0.453. The number of pyridine rings is 1. The van der Waals surface area contributed by atoms with Crippen LogP contribution in [-0.2, 0) is 0 Å². The van der Waals surface area contributed by atoms with Crippen molar-refractivity contribution in [1.82, 2.24) is 4.98 Å². The summed E-state index contributed by atoms with van der Waals surface area (Å²) in [5.74, 6) is 0.171. The minimum absolute atomic E-state index is 0.0213. The SMILES string of the molecule is O=Cc1ccc(Oc2ccc(F)c(Cl)c2)nc1. The fraction of sp³-hybridized carbons (Fsp3) is 0. The lowest BCUT2D eigenvalue weighted by atomic mass is 10.3. The van der Waals surface area contributed by atoms with Gasteiger partial charge in [0.15, 0.2) is 6.29 Å². The Hall–Kier alpha value is -1.94. The van der Waals surface area contributed by atoms with E-state index in [0.29, 0.717) is 23.5 Å². The van der Waals surface area contributed by atoms with E-state index in [1.165, 1.54) is 24.4 Å². The molecule has 17 heavy (non-hydrogen) atoms. The van der Waals surface area contributed by atoms with Crippen molar-refractivity contribution in [2.45, 2.75) is 0 Å². The van der Waals surface area contributed by atoms with Gasteiger partial charge in [0.2, 0.25) is 5.88 Å². The van der Waals surface area contributed by atoms with Gasteiger partial charge >= 0.3 is 0 Å². The zero-order valence-corrected chi connectivity index (χ0v) is 9.32. The molecule has 2 aromatic rings. The van der Waals surface area contributed by atoms with Crippen molar-refractivity contribution in [3.8, 4) is 11.6 Å². The zero-order chi connectivity index (χ0) is 12.3. The van der Waals surface area contributed by atoms with Crippen molar-refractivity contribution in [3.05, 3.63) is 52.9 Å². The van der Waals surface area contributed by atoms with E-state index < -0.39 is 5.82 Å². The lowest BCUT2D eigenvalue weighted by molar-refractivity contribution is 0.112. The van der Waals surface area contributed by atoms with Gasteiger partial charge < -0.3 is 4.74 Å². The summed E-state index contributed by atoms with van der Waals surface area (Å²) in [6, 6.07) is 7.11. The summed E-state index contributed by atoms with van der Waals surface area (Å²) < 4.78 is 18.2. The molecule has 0 N–H and O–H groups in total. The summed E-state index contributed by atoms with van der Waals surface area (Å²) in [5, 5.41) is -0.0213. The molecule has 2 rings (SSSR count). The molecule has 86 valence electrons. The summed E-state index contributed by atoms with van der Waals surface area (Å²) in [6.45, 7) is 0. The van der Waals surface area contributed by atoms with Crippen molar-refractivity contribution in [2.75, 3.05) is 0 Å². The van der Waals surface area contributed by atoms with Gasteiger partial charge in [-0.2, -0.15) is 0 Å². The van der Waals surface area contributed by atoms with Crippen molar-refractivity contribution in [1.29, 1.82) is 0 Å². The molecule has 1 aromatic heterocycles. The molecule has 0 radical (unpaired) electrons. The lowest BCUT2D eigenvalue weighted by Gasteiger charge is -2.05. The van der Waals surface area contributed by atoms with Gasteiger partial charge in [-0.1, -0.05) is 11.6 Å². The standard InChI is InChI=1S/C12H7ClFNO2/c13-10-5-9(2-3-11(10)14)17-12-4-1-8(7-16)6-15-12/h1-7H. The molecule has 0 saturated heterocycles. The summed E-state index contributed by atoms with van der Waals surface area (Å²) >= 11 is 5.61. The van der Waals surface area contributed by atoms with Crippen LogP contribution in [0.15, 0.2) is 36.5 Å². The molecule has 0 amide bonds. The minimum atomic E-state index is -0.511. The van der Waals surface area contributed by atoms with Crippen LogP contribution >= 0.6 is 11.6 Å². The van der Waals surface area contributed by atoms with Gasteiger partial charge in [0.05, 0.1) is 5.02 Å². The van der Waals surface area contributed by atoms with Crippen LogP contribution in [0.25, 0.3) is 0 Å². The van der Waals surface area contributed by atoms with E-state index >= 15 is 0 Å². The molecule has 0 atom stereocenters. The van der Waals surface area contributed by atoms with E-state index in [4.69, 9.17) is 16.3 Å². The third-order valence-corrected chi connectivity index (χ3v) is 2.30. The third kappa shape index (κ3) is 2.79. The van der Waals surface area contributed by atoms with E-state index in [1.807, 2.05) is 0 Å². The second kappa shape index (κ2) is 4.93. The predicted molar refractivity (Wildman–Crippen MR) is 61.1 cm³/mol. The molecule has 0 spiro atoms. The highest BCUT2D eigenvalue weighted by molar-refractivity contribution is 6.30. The van der Waals surface area contributed by atoms with E-state index in [1.54, 1.807) is 12.1 Å². The lowest BCUT2D eigenvalue weighted by Crippen LogP contribution is -1.89. The van der Waals surface area contributed by atoms with Gasteiger partial charge in [0.25, 0.3) is 0 Å². The molecule has 0 aliphatic carbocycles. The Morgan fingerprint density at radius 3 is 2.71 bits per heavy atom. The number of benzene rings is 1. The highest BCUT2D eigenvalue weighted by atomic mass is 35.5. The summed E-state index contributed by atoms with van der Waals surface area (Å²) in [6.07, 6.45) is 2.07. The van der Waals surface area contributed by atoms with Gasteiger partial charge in [0.1, 0.15) is 11.6 Å². The van der Waals surface area contributed by atoms with E-state index in [-0.39, 0.29) is 5.02 Å². The molecule has 0 fully saturated rings. The predicted octanol–water partition coefficient (Wildman–Crippen LogP) is 3.48. The monoisotopic (exact) mass is 251 g/mol. The fourth-order valence-electron chi connectivity index (χ4n) is 1.18. The number of aromatic nitrogens is 1. The Labute approximate surface area is 102 Å². The second-order valence-corrected chi connectivity index (χ2v) is 3.63. The first-order chi connectivity index (χ1) is 8.19. The average molecular weight is 252 g/mol. The molecule has 0 bridgehead atoms. The number of aldehydes is 1. The summed E-state index contributed by atoms with van der Waals surface area (Å²) in [4.78, 5) is 14.3. The Balaban J connectivity index is 2.19. The van der Waals surface area contributed by atoms with Gasteiger partial charge in [-0.25, -0.2) is 9.37 Å². The minimum Gasteiger partial charge on any atom is -0.439 e. The van der Waals surface area contributed by atoms with E-state index in [2.05, 4.69) is 4.98 Å².